The standard InChI is InChI=1S/C16H14N4O9S3/c17-11-6-12(18)16(32(27,28)29)7-13(11)20-19-8-4-10-9(15(5-8)31(24,25)26)2-1-3-14(10)30(21,22)23/h1-7H,17-18H2,(H,21,22,23)(H,24,25,26)(H,27,28,29). The van der Waals surface area contributed by atoms with E-state index in [4.69, 9.17) is 11.5 Å². The van der Waals surface area contributed by atoms with E-state index in [-0.39, 0.29) is 33.5 Å². The van der Waals surface area contributed by atoms with Gasteiger partial charge in [0.25, 0.3) is 30.4 Å². The lowest BCUT2D eigenvalue weighted by atomic mass is 10.1. The highest BCUT2D eigenvalue weighted by molar-refractivity contribution is 7.86. The number of nitrogen functional groups attached to an aromatic ring is 2. The Balaban J connectivity index is 2.28. The van der Waals surface area contributed by atoms with Crippen molar-refractivity contribution in [3.63, 3.8) is 0 Å². The van der Waals surface area contributed by atoms with Gasteiger partial charge in [0.1, 0.15) is 20.4 Å². The molecule has 0 heterocycles. The Labute approximate surface area is 181 Å². The van der Waals surface area contributed by atoms with Crippen LogP contribution < -0.4 is 11.5 Å². The van der Waals surface area contributed by atoms with Gasteiger partial charge in [-0.15, -0.1) is 5.11 Å². The second-order valence-electron chi connectivity index (χ2n) is 6.37. The van der Waals surface area contributed by atoms with Gasteiger partial charge >= 0.3 is 0 Å². The van der Waals surface area contributed by atoms with E-state index in [1.54, 1.807) is 0 Å². The Morgan fingerprint density at radius 1 is 0.625 bits per heavy atom. The van der Waals surface area contributed by atoms with Crippen LogP contribution in [0.3, 0.4) is 0 Å². The number of hydrogen-bond donors (Lipinski definition) is 5. The van der Waals surface area contributed by atoms with E-state index in [1.165, 1.54) is 6.07 Å². The molecule has 0 aliphatic rings. The van der Waals surface area contributed by atoms with Crippen molar-refractivity contribution in [1.82, 2.24) is 0 Å². The summed E-state index contributed by atoms with van der Waals surface area (Å²) in [6.45, 7) is 0. The van der Waals surface area contributed by atoms with Crippen molar-refractivity contribution < 1.29 is 38.9 Å². The molecule has 0 radical (unpaired) electrons. The molecule has 32 heavy (non-hydrogen) atoms. The van der Waals surface area contributed by atoms with Gasteiger partial charge in [-0.05, 0) is 30.3 Å². The van der Waals surface area contributed by atoms with Crippen molar-refractivity contribution in [1.29, 1.82) is 0 Å². The summed E-state index contributed by atoms with van der Waals surface area (Å²) in [5, 5.41) is 6.90. The zero-order valence-corrected chi connectivity index (χ0v) is 18.1. The summed E-state index contributed by atoms with van der Waals surface area (Å²) < 4.78 is 98.1. The van der Waals surface area contributed by atoms with Crippen LogP contribution in [0.2, 0.25) is 0 Å². The maximum atomic E-state index is 11.8. The van der Waals surface area contributed by atoms with E-state index in [0.29, 0.717) is 0 Å². The molecule has 0 bridgehead atoms. The zero-order chi connectivity index (χ0) is 24.1. The molecule has 0 unspecified atom stereocenters. The van der Waals surface area contributed by atoms with Crippen molar-refractivity contribution in [3.8, 4) is 0 Å². The molecule has 0 saturated carbocycles. The van der Waals surface area contributed by atoms with E-state index in [9.17, 15) is 38.9 Å². The van der Waals surface area contributed by atoms with E-state index in [2.05, 4.69) is 10.2 Å². The molecule has 0 spiro atoms. The first-order valence-corrected chi connectivity index (χ1v) is 12.5. The predicted octanol–water partition coefficient (Wildman–Crippen LogP) is 2.16. The number of nitrogens with two attached hydrogens (primary N) is 2. The predicted molar refractivity (Wildman–Crippen MR) is 113 cm³/mol. The third-order valence-corrected chi connectivity index (χ3v) is 6.88. The van der Waals surface area contributed by atoms with Gasteiger partial charge in [0.2, 0.25) is 0 Å². The lowest BCUT2D eigenvalue weighted by molar-refractivity contribution is 0.481. The molecular formula is C16H14N4O9S3. The van der Waals surface area contributed by atoms with Crippen LogP contribution in [0.4, 0.5) is 22.7 Å². The van der Waals surface area contributed by atoms with Crippen molar-refractivity contribution in [3.05, 3.63) is 42.5 Å². The van der Waals surface area contributed by atoms with Crippen LogP contribution in [0, 0.1) is 0 Å². The molecule has 0 fully saturated rings. The first-order valence-electron chi connectivity index (χ1n) is 8.19. The molecule has 13 nitrogen and oxygen atoms in total. The molecule has 170 valence electrons. The van der Waals surface area contributed by atoms with E-state index in [1.807, 2.05) is 0 Å². The lowest BCUT2D eigenvalue weighted by Crippen LogP contribution is -2.04. The molecular weight excluding hydrogens is 488 g/mol. The smallest absolute Gasteiger partial charge is 0.296 e. The molecule has 0 aliphatic carbocycles. The van der Waals surface area contributed by atoms with Crippen LogP contribution in [0.25, 0.3) is 10.8 Å². The first-order chi connectivity index (χ1) is 14.6. The maximum absolute atomic E-state index is 11.8. The summed E-state index contributed by atoms with van der Waals surface area (Å²) in [6.07, 6.45) is 0. The van der Waals surface area contributed by atoms with Gasteiger partial charge in [-0.1, -0.05) is 12.1 Å². The van der Waals surface area contributed by atoms with Gasteiger partial charge in [-0.3, -0.25) is 13.7 Å². The Hall–Kier alpha value is -3.15. The fraction of sp³-hybridized carbons (Fsp3) is 0. The molecule has 0 aliphatic heterocycles. The molecule has 0 saturated heterocycles. The fourth-order valence-electron chi connectivity index (χ4n) is 2.83. The van der Waals surface area contributed by atoms with Gasteiger partial charge in [0.05, 0.1) is 17.1 Å². The number of anilines is 2. The minimum Gasteiger partial charge on any atom is -0.398 e. The van der Waals surface area contributed by atoms with Crippen molar-refractivity contribution in [2.75, 3.05) is 11.5 Å². The van der Waals surface area contributed by atoms with Gasteiger partial charge in [-0.2, -0.15) is 30.4 Å². The van der Waals surface area contributed by atoms with E-state index >= 15 is 0 Å². The minimum absolute atomic E-state index is 0.145. The van der Waals surface area contributed by atoms with Gasteiger partial charge in [-0.25, -0.2) is 0 Å². The largest absolute Gasteiger partial charge is 0.398 e. The van der Waals surface area contributed by atoms with Crippen LogP contribution >= 0.6 is 0 Å². The Kier molecular flexibility index (Phi) is 5.71. The molecule has 16 heteroatoms. The average Bonchev–Trinajstić information content (AvgIpc) is 2.63. The SMILES string of the molecule is Nc1cc(N)c(S(=O)(=O)O)cc1N=Nc1cc(S(=O)(=O)O)c2cccc(S(=O)(=O)O)c2c1. The lowest BCUT2D eigenvalue weighted by Gasteiger charge is -2.09. The Bertz CT molecular complexity index is 1610. The van der Waals surface area contributed by atoms with Crippen LogP contribution in [0.5, 0.6) is 0 Å². The summed E-state index contributed by atoms with van der Waals surface area (Å²) >= 11 is 0. The molecule has 3 rings (SSSR count). The summed E-state index contributed by atoms with van der Waals surface area (Å²) in [7, 11) is -14.4. The van der Waals surface area contributed by atoms with Crippen molar-refractivity contribution in [2.45, 2.75) is 14.7 Å². The van der Waals surface area contributed by atoms with Crippen molar-refractivity contribution >= 4 is 63.9 Å². The van der Waals surface area contributed by atoms with Crippen LogP contribution in [-0.4, -0.2) is 38.9 Å². The van der Waals surface area contributed by atoms with Gasteiger partial charge in [0.15, 0.2) is 0 Å². The normalized spacial score (nSPS) is 13.1. The van der Waals surface area contributed by atoms with E-state index in [0.717, 1.165) is 36.4 Å². The molecule has 7 N–H and O–H groups in total. The van der Waals surface area contributed by atoms with Crippen LogP contribution in [-0.2, 0) is 30.4 Å². The molecule has 0 atom stereocenters. The fourth-order valence-corrected chi connectivity index (χ4v) is 4.87. The summed E-state index contributed by atoms with van der Waals surface area (Å²) in [6, 6.07) is 7.11. The Morgan fingerprint density at radius 2 is 1.22 bits per heavy atom. The highest BCUT2D eigenvalue weighted by Gasteiger charge is 2.21. The number of benzene rings is 3. The number of azo groups is 1. The van der Waals surface area contributed by atoms with Gasteiger partial charge < -0.3 is 11.5 Å². The highest BCUT2D eigenvalue weighted by atomic mass is 32.2. The third kappa shape index (κ3) is 4.69. The van der Waals surface area contributed by atoms with Crippen LogP contribution in [0.1, 0.15) is 0 Å². The second-order valence-corrected chi connectivity index (χ2v) is 10.5. The van der Waals surface area contributed by atoms with Crippen molar-refractivity contribution in [2.24, 2.45) is 10.2 Å². The zero-order valence-electron chi connectivity index (χ0n) is 15.6. The molecule has 3 aromatic rings. The number of hydrogen-bond acceptors (Lipinski definition) is 10. The molecule has 0 amide bonds. The number of fused-ring (bicyclic) bond motifs is 1. The quantitative estimate of drug-likeness (QED) is 0.192. The van der Waals surface area contributed by atoms with Crippen LogP contribution in [0.15, 0.2) is 67.4 Å². The monoisotopic (exact) mass is 502 g/mol. The summed E-state index contributed by atoms with van der Waals surface area (Å²) in [5.41, 5.74) is 10.1. The number of rotatable bonds is 5. The average molecular weight is 503 g/mol. The first kappa shape index (κ1) is 23.5. The molecule has 0 aromatic heterocycles. The summed E-state index contributed by atoms with van der Waals surface area (Å²) in [4.78, 5) is -2.08. The van der Waals surface area contributed by atoms with Gasteiger partial charge in [0, 0.05) is 10.8 Å². The minimum atomic E-state index is -4.87. The third-order valence-electron chi connectivity index (χ3n) is 4.17. The topological polar surface area (TPSA) is 240 Å². The second kappa shape index (κ2) is 7.76. The highest BCUT2D eigenvalue weighted by Crippen LogP contribution is 2.35. The Morgan fingerprint density at radius 3 is 1.78 bits per heavy atom. The van der Waals surface area contributed by atoms with E-state index < -0.39 is 45.0 Å². The maximum Gasteiger partial charge on any atom is 0.296 e. The summed E-state index contributed by atoms with van der Waals surface area (Å²) in [5.74, 6) is 0. The molecule has 3 aromatic carbocycles. The number of nitrogens with zero attached hydrogens (tertiary/aromatic N) is 2.